The third-order valence-corrected chi connectivity index (χ3v) is 4.84. The molecule has 0 atom stereocenters. The van der Waals surface area contributed by atoms with Gasteiger partial charge >= 0.3 is 5.97 Å². The van der Waals surface area contributed by atoms with Crippen molar-refractivity contribution in [3.63, 3.8) is 0 Å². The molecule has 7 nitrogen and oxygen atoms in total. The third-order valence-electron chi connectivity index (χ3n) is 4.84. The number of carbonyl (C=O) groups excluding carboxylic acids is 1. The Hall–Kier alpha value is -4.00. The van der Waals surface area contributed by atoms with Crippen molar-refractivity contribution in [3.05, 3.63) is 75.6 Å². The van der Waals surface area contributed by atoms with Gasteiger partial charge in [-0.05, 0) is 61.4 Å². The van der Waals surface area contributed by atoms with E-state index in [2.05, 4.69) is 0 Å². The van der Waals surface area contributed by atoms with Crippen LogP contribution in [0.15, 0.2) is 62.4 Å². The van der Waals surface area contributed by atoms with Crippen molar-refractivity contribution in [1.29, 1.82) is 0 Å². The number of rotatable bonds is 5. The van der Waals surface area contributed by atoms with Crippen molar-refractivity contribution in [2.75, 3.05) is 14.2 Å². The third kappa shape index (κ3) is 3.66. The number of furan rings is 1. The molecular weight excluding hydrogens is 400 g/mol. The minimum atomic E-state index is -0.746. The molecule has 0 fully saturated rings. The predicted octanol–water partition coefficient (Wildman–Crippen LogP) is 4.91. The number of ether oxygens (including phenoxy) is 3. The van der Waals surface area contributed by atoms with Crippen LogP contribution < -0.4 is 19.6 Å². The number of fused-ring (bicyclic) bond motifs is 1. The van der Waals surface area contributed by atoms with E-state index in [0.29, 0.717) is 22.5 Å². The second kappa shape index (κ2) is 8.02. The van der Waals surface area contributed by atoms with Crippen LogP contribution in [0, 0.1) is 13.8 Å². The van der Waals surface area contributed by atoms with E-state index in [0.717, 1.165) is 11.1 Å². The summed E-state index contributed by atoms with van der Waals surface area (Å²) < 4.78 is 27.4. The number of hydrogen-bond donors (Lipinski definition) is 0. The van der Waals surface area contributed by atoms with E-state index in [1.54, 1.807) is 24.3 Å². The molecule has 4 aromatic rings. The maximum absolute atomic E-state index is 13.3. The van der Waals surface area contributed by atoms with E-state index < -0.39 is 11.4 Å². The van der Waals surface area contributed by atoms with E-state index in [9.17, 15) is 9.59 Å². The second-order valence-corrected chi connectivity index (χ2v) is 6.98. The van der Waals surface area contributed by atoms with E-state index in [4.69, 9.17) is 23.0 Å². The molecule has 0 bridgehead atoms. The zero-order valence-electron chi connectivity index (χ0n) is 17.5. The summed E-state index contributed by atoms with van der Waals surface area (Å²) >= 11 is 0. The molecular formula is C24H20O7. The lowest BCUT2D eigenvalue weighted by atomic mass is 10.1. The van der Waals surface area contributed by atoms with Gasteiger partial charge in [0.1, 0.15) is 5.58 Å². The highest BCUT2D eigenvalue weighted by atomic mass is 16.5. The average molecular weight is 420 g/mol. The minimum Gasteiger partial charge on any atom is -0.493 e. The molecule has 31 heavy (non-hydrogen) atoms. The molecule has 0 N–H and O–H groups in total. The molecule has 0 unspecified atom stereocenters. The summed E-state index contributed by atoms with van der Waals surface area (Å²) in [5.41, 5.74) is 1.81. The largest absolute Gasteiger partial charge is 0.493 e. The summed E-state index contributed by atoms with van der Waals surface area (Å²) in [6.45, 7) is 3.72. The Labute approximate surface area is 177 Å². The van der Waals surface area contributed by atoms with E-state index in [-0.39, 0.29) is 22.8 Å². The van der Waals surface area contributed by atoms with Crippen molar-refractivity contribution in [2.24, 2.45) is 0 Å². The molecule has 158 valence electrons. The van der Waals surface area contributed by atoms with Gasteiger partial charge < -0.3 is 23.0 Å². The Morgan fingerprint density at radius 1 is 0.968 bits per heavy atom. The summed E-state index contributed by atoms with van der Waals surface area (Å²) in [6, 6.07) is 11.5. The van der Waals surface area contributed by atoms with Crippen LogP contribution in [0.1, 0.15) is 21.5 Å². The Balaban J connectivity index is 1.87. The summed E-state index contributed by atoms with van der Waals surface area (Å²) in [5, 5.41) is 0.322. The topological polar surface area (TPSA) is 88.1 Å². The van der Waals surface area contributed by atoms with E-state index >= 15 is 0 Å². The fourth-order valence-electron chi connectivity index (χ4n) is 3.41. The van der Waals surface area contributed by atoms with Gasteiger partial charge in [-0.1, -0.05) is 6.07 Å². The smallest absolute Gasteiger partial charge is 0.343 e. The molecule has 0 spiro atoms. The van der Waals surface area contributed by atoms with Gasteiger partial charge in [0.15, 0.2) is 17.3 Å². The van der Waals surface area contributed by atoms with Crippen LogP contribution in [-0.4, -0.2) is 20.2 Å². The monoisotopic (exact) mass is 420 g/mol. The molecule has 7 heteroatoms. The fraction of sp³-hybridized carbons (Fsp3) is 0.167. The first-order chi connectivity index (χ1) is 14.9. The predicted molar refractivity (Wildman–Crippen MR) is 114 cm³/mol. The van der Waals surface area contributed by atoms with Crippen molar-refractivity contribution in [3.8, 4) is 28.8 Å². The maximum atomic E-state index is 13.3. The second-order valence-electron chi connectivity index (χ2n) is 6.98. The molecule has 0 saturated heterocycles. The number of methoxy groups -OCH3 is 2. The van der Waals surface area contributed by atoms with Gasteiger partial charge in [0.05, 0.1) is 31.4 Å². The van der Waals surface area contributed by atoms with Crippen molar-refractivity contribution in [2.45, 2.75) is 13.8 Å². The van der Waals surface area contributed by atoms with Crippen molar-refractivity contribution in [1.82, 2.24) is 0 Å². The van der Waals surface area contributed by atoms with Gasteiger partial charge in [0.25, 0.3) is 0 Å². The van der Waals surface area contributed by atoms with Gasteiger partial charge in [-0.2, -0.15) is 0 Å². The first-order valence-corrected chi connectivity index (χ1v) is 9.49. The van der Waals surface area contributed by atoms with Crippen LogP contribution in [0.5, 0.6) is 17.2 Å². The summed E-state index contributed by atoms with van der Waals surface area (Å²) in [7, 11) is 2.96. The highest BCUT2D eigenvalue weighted by Gasteiger charge is 2.24. The van der Waals surface area contributed by atoms with Gasteiger partial charge in [-0.3, -0.25) is 4.79 Å². The van der Waals surface area contributed by atoms with Crippen LogP contribution in [0.4, 0.5) is 0 Å². The maximum Gasteiger partial charge on any atom is 0.343 e. The van der Waals surface area contributed by atoms with Crippen LogP contribution in [0.2, 0.25) is 0 Å². The molecule has 0 saturated carbocycles. The number of hydrogen-bond acceptors (Lipinski definition) is 7. The number of benzene rings is 2. The molecule has 2 aromatic carbocycles. The molecule has 0 aliphatic carbocycles. The first-order valence-electron chi connectivity index (χ1n) is 9.49. The van der Waals surface area contributed by atoms with Crippen LogP contribution in [0.25, 0.3) is 22.5 Å². The first kappa shape index (κ1) is 20.3. The Bertz CT molecular complexity index is 1330. The summed E-state index contributed by atoms with van der Waals surface area (Å²) in [5.74, 6) is 0.154. The lowest BCUT2D eigenvalue weighted by Gasteiger charge is -2.12. The lowest BCUT2D eigenvalue weighted by molar-refractivity contribution is 0.0730. The summed E-state index contributed by atoms with van der Waals surface area (Å²) in [4.78, 5) is 26.2. The van der Waals surface area contributed by atoms with Crippen LogP contribution in [0.3, 0.4) is 0 Å². The molecule has 2 aromatic heterocycles. The molecule has 0 amide bonds. The Morgan fingerprint density at radius 3 is 2.42 bits per heavy atom. The molecule has 0 aliphatic rings. The van der Waals surface area contributed by atoms with Gasteiger partial charge in [-0.15, -0.1) is 0 Å². The molecule has 2 heterocycles. The zero-order valence-corrected chi connectivity index (χ0v) is 17.5. The van der Waals surface area contributed by atoms with E-state index in [1.807, 2.05) is 19.9 Å². The molecule has 4 rings (SSSR count). The molecule has 0 radical (unpaired) electrons. The van der Waals surface area contributed by atoms with Crippen molar-refractivity contribution < 1.29 is 27.8 Å². The number of esters is 1. The van der Waals surface area contributed by atoms with Crippen molar-refractivity contribution >= 4 is 16.9 Å². The van der Waals surface area contributed by atoms with E-state index in [1.165, 1.54) is 32.6 Å². The zero-order chi connectivity index (χ0) is 22.1. The minimum absolute atomic E-state index is 0.0447. The average Bonchev–Trinajstić information content (AvgIpc) is 3.30. The highest BCUT2D eigenvalue weighted by Crippen LogP contribution is 2.34. The van der Waals surface area contributed by atoms with Crippen LogP contribution >= 0.6 is 0 Å². The highest BCUT2D eigenvalue weighted by molar-refractivity contribution is 5.93. The van der Waals surface area contributed by atoms with Crippen LogP contribution in [-0.2, 0) is 0 Å². The van der Waals surface area contributed by atoms with Gasteiger partial charge in [-0.25, -0.2) is 4.79 Å². The van der Waals surface area contributed by atoms with Gasteiger partial charge in [0.2, 0.25) is 16.9 Å². The summed E-state index contributed by atoms with van der Waals surface area (Å²) in [6.07, 6.45) is 1.45. The standard InChI is InChI=1S/C24H20O7/c1-13-10-14(2)21-16(11-13)20(25)23(22(30-21)18-6-5-9-29-18)31-24(26)15-7-8-17(27-3)19(12-15)28-4/h5-12H,1-4H3. The SMILES string of the molecule is COc1ccc(C(=O)Oc2c(-c3ccco3)oc3c(C)cc(C)cc3c2=O)cc1OC. The lowest BCUT2D eigenvalue weighted by Crippen LogP contribution is -2.16. The number of carbonyl (C=O) groups is 1. The normalized spacial score (nSPS) is 10.8. The Morgan fingerprint density at radius 2 is 1.74 bits per heavy atom. The Kier molecular flexibility index (Phi) is 5.25. The quantitative estimate of drug-likeness (QED) is 0.424. The molecule has 0 aliphatic heterocycles. The number of aryl methyl sites for hydroxylation is 2. The van der Waals surface area contributed by atoms with Gasteiger partial charge in [0, 0.05) is 0 Å². The fourth-order valence-corrected chi connectivity index (χ4v) is 3.41.